The average Bonchev–Trinajstić information content (AvgIpc) is 3.27. The van der Waals surface area contributed by atoms with Crippen molar-refractivity contribution in [3.05, 3.63) is 54.5 Å². The zero-order valence-electron chi connectivity index (χ0n) is 13.4. The molecule has 2 aromatic heterocycles. The van der Waals surface area contributed by atoms with Gasteiger partial charge in [-0.3, -0.25) is 9.58 Å². The lowest BCUT2D eigenvalue weighted by Gasteiger charge is -2.39. The molecule has 3 heterocycles. The number of hydrogen-bond donors (Lipinski definition) is 2. The highest BCUT2D eigenvalue weighted by Gasteiger charge is 2.43. The Balaban J connectivity index is 1.48. The molecule has 124 valence electrons. The Kier molecular flexibility index (Phi) is 3.61. The number of fused-ring (bicyclic) bond motifs is 1. The first-order valence-electron chi connectivity index (χ1n) is 8.19. The Morgan fingerprint density at radius 3 is 2.83 bits per heavy atom. The van der Waals surface area contributed by atoms with Crippen molar-refractivity contribution < 1.29 is 9.90 Å². The Morgan fingerprint density at radius 1 is 1.29 bits per heavy atom. The van der Waals surface area contributed by atoms with Crippen molar-refractivity contribution in [2.75, 3.05) is 13.1 Å². The summed E-state index contributed by atoms with van der Waals surface area (Å²) in [5.41, 5.74) is 1.48. The summed E-state index contributed by atoms with van der Waals surface area (Å²) in [5, 5.41) is 15.1. The van der Waals surface area contributed by atoms with Gasteiger partial charge in [0.15, 0.2) is 5.54 Å². The van der Waals surface area contributed by atoms with Gasteiger partial charge >= 0.3 is 5.97 Å². The van der Waals surface area contributed by atoms with E-state index in [9.17, 15) is 9.90 Å². The summed E-state index contributed by atoms with van der Waals surface area (Å²) in [4.78, 5) is 17.4. The van der Waals surface area contributed by atoms with Crippen LogP contribution in [0.25, 0.3) is 10.9 Å². The van der Waals surface area contributed by atoms with Gasteiger partial charge in [0.1, 0.15) is 0 Å². The number of H-pyrrole nitrogens is 1. The van der Waals surface area contributed by atoms with Gasteiger partial charge in [-0.1, -0.05) is 6.07 Å². The minimum Gasteiger partial charge on any atom is -0.479 e. The van der Waals surface area contributed by atoms with Gasteiger partial charge in [0.2, 0.25) is 0 Å². The van der Waals surface area contributed by atoms with Crippen molar-refractivity contribution in [3.63, 3.8) is 0 Å². The number of piperidine rings is 1. The van der Waals surface area contributed by atoms with Gasteiger partial charge < -0.3 is 10.1 Å². The topological polar surface area (TPSA) is 74.2 Å². The predicted octanol–water partition coefficient (Wildman–Crippen LogP) is 2.44. The maximum absolute atomic E-state index is 11.9. The summed E-state index contributed by atoms with van der Waals surface area (Å²) in [6.07, 6.45) is 6.47. The number of aliphatic carboxylic acids is 1. The van der Waals surface area contributed by atoms with Gasteiger partial charge in [-0.15, -0.1) is 0 Å². The van der Waals surface area contributed by atoms with E-state index in [1.54, 1.807) is 23.1 Å². The average molecular weight is 324 g/mol. The number of carbonyl (C=O) groups is 1. The molecular weight excluding hydrogens is 304 g/mol. The lowest BCUT2D eigenvalue weighted by atomic mass is 9.87. The molecule has 1 fully saturated rings. The number of rotatable bonds is 4. The fourth-order valence-electron chi connectivity index (χ4n) is 3.60. The number of likely N-dealkylation sites (tertiary alicyclic amines) is 1. The third kappa shape index (κ3) is 2.49. The second kappa shape index (κ2) is 5.79. The Morgan fingerprint density at radius 2 is 2.12 bits per heavy atom. The molecule has 1 aliphatic heterocycles. The molecule has 0 unspecified atom stereocenters. The molecule has 0 spiro atoms. The predicted molar refractivity (Wildman–Crippen MR) is 90.6 cm³/mol. The summed E-state index contributed by atoms with van der Waals surface area (Å²) < 4.78 is 1.61. The molecule has 1 aliphatic rings. The summed E-state index contributed by atoms with van der Waals surface area (Å²) in [5.74, 6) is -0.792. The normalized spacial score (nSPS) is 18.0. The zero-order chi connectivity index (χ0) is 16.6. The second-order valence-corrected chi connectivity index (χ2v) is 6.46. The minimum absolute atomic E-state index is 0.566. The van der Waals surface area contributed by atoms with Crippen LogP contribution in [0, 0.1) is 0 Å². The van der Waals surface area contributed by atoms with Gasteiger partial charge in [-0.25, -0.2) is 4.79 Å². The summed E-state index contributed by atoms with van der Waals surface area (Å²) in [7, 11) is 0. The number of aromatic amines is 1. The number of benzene rings is 1. The third-order valence-corrected chi connectivity index (χ3v) is 5.05. The first kappa shape index (κ1) is 15.0. The van der Waals surface area contributed by atoms with Crippen molar-refractivity contribution >= 4 is 16.9 Å². The van der Waals surface area contributed by atoms with E-state index in [0.29, 0.717) is 12.8 Å². The number of nitrogens with one attached hydrogen (secondary N) is 1. The van der Waals surface area contributed by atoms with E-state index in [2.05, 4.69) is 39.2 Å². The van der Waals surface area contributed by atoms with Crippen LogP contribution in [-0.2, 0) is 16.9 Å². The maximum atomic E-state index is 11.9. The monoisotopic (exact) mass is 324 g/mol. The SMILES string of the molecule is O=C(O)C1(n2cccn2)CCN(Cc2ccc3[nH]ccc3c2)CC1. The number of aromatic nitrogens is 3. The lowest BCUT2D eigenvalue weighted by molar-refractivity contribution is -0.151. The van der Waals surface area contributed by atoms with Gasteiger partial charge in [0.05, 0.1) is 0 Å². The van der Waals surface area contributed by atoms with Crippen LogP contribution in [0.5, 0.6) is 0 Å². The fraction of sp³-hybridized carbons (Fsp3) is 0.333. The van der Waals surface area contributed by atoms with Crippen LogP contribution >= 0.6 is 0 Å². The fourth-order valence-corrected chi connectivity index (χ4v) is 3.60. The summed E-state index contributed by atoms with van der Waals surface area (Å²) in [6.45, 7) is 2.34. The molecule has 6 heteroatoms. The van der Waals surface area contributed by atoms with Crippen molar-refractivity contribution in [2.45, 2.75) is 24.9 Å². The molecule has 0 atom stereocenters. The van der Waals surface area contributed by atoms with E-state index in [1.165, 1.54) is 10.9 Å². The van der Waals surface area contributed by atoms with Gasteiger partial charge in [0.25, 0.3) is 0 Å². The largest absolute Gasteiger partial charge is 0.479 e. The summed E-state index contributed by atoms with van der Waals surface area (Å²) >= 11 is 0. The molecule has 3 aromatic rings. The van der Waals surface area contributed by atoms with Crippen molar-refractivity contribution in [1.29, 1.82) is 0 Å². The van der Waals surface area contributed by atoms with Crippen molar-refractivity contribution in [1.82, 2.24) is 19.7 Å². The second-order valence-electron chi connectivity index (χ2n) is 6.46. The van der Waals surface area contributed by atoms with E-state index < -0.39 is 11.5 Å². The molecule has 24 heavy (non-hydrogen) atoms. The number of carboxylic acid groups (broad SMARTS) is 1. The molecule has 0 bridgehead atoms. The van der Waals surface area contributed by atoms with Crippen molar-refractivity contribution in [3.8, 4) is 0 Å². The number of carboxylic acids is 1. The highest BCUT2D eigenvalue weighted by atomic mass is 16.4. The molecule has 1 saturated heterocycles. The summed E-state index contributed by atoms with van der Waals surface area (Å²) in [6, 6.07) is 10.3. The maximum Gasteiger partial charge on any atom is 0.331 e. The number of nitrogens with zero attached hydrogens (tertiary/aromatic N) is 3. The molecular formula is C18H20N4O2. The van der Waals surface area contributed by atoms with Gasteiger partial charge in [-0.05, 0) is 48.1 Å². The van der Waals surface area contributed by atoms with E-state index in [-0.39, 0.29) is 0 Å². The van der Waals surface area contributed by atoms with Crippen LogP contribution in [-0.4, -0.2) is 43.8 Å². The Hall–Kier alpha value is -2.60. The number of hydrogen-bond acceptors (Lipinski definition) is 3. The van der Waals surface area contributed by atoms with Crippen LogP contribution in [0.3, 0.4) is 0 Å². The van der Waals surface area contributed by atoms with E-state index >= 15 is 0 Å². The molecule has 1 aromatic carbocycles. The van der Waals surface area contributed by atoms with Crippen molar-refractivity contribution in [2.24, 2.45) is 0 Å². The minimum atomic E-state index is -0.912. The third-order valence-electron chi connectivity index (χ3n) is 5.05. The molecule has 0 amide bonds. The molecule has 0 radical (unpaired) electrons. The highest BCUT2D eigenvalue weighted by Crippen LogP contribution is 2.31. The highest BCUT2D eigenvalue weighted by molar-refractivity contribution is 5.80. The Bertz CT molecular complexity index is 845. The van der Waals surface area contributed by atoms with Crippen LogP contribution in [0.2, 0.25) is 0 Å². The van der Waals surface area contributed by atoms with Crippen LogP contribution < -0.4 is 0 Å². The quantitative estimate of drug-likeness (QED) is 0.773. The molecule has 0 aliphatic carbocycles. The van der Waals surface area contributed by atoms with Gasteiger partial charge in [0, 0.05) is 43.7 Å². The molecule has 6 nitrogen and oxygen atoms in total. The van der Waals surface area contributed by atoms with Crippen LogP contribution in [0.15, 0.2) is 48.9 Å². The smallest absolute Gasteiger partial charge is 0.331 e. The zero-order valence-corrected chi connectivity index (χ0v) is 13.4. The molecule has 4 rings (SSSR count). The van der Waals surface area contributed by atoms with E-state index in [0.717, 1.165) is 25.2 Å². The van der Waals surface area contributed by atoms with Crippen LogP contribution in [0.4, 0.5) is 0 Å². The van der Waals surface area contributed by atoms with E-state index in [1.807, 2.05) is 6.20 Å². The van der Waals surface area contributed by atoms with Gasteiger partial charge in [-0.2, -0.15) is 5.10 Å². The molecule has 2 N–H and O–H groups in total. The lowest BCUT2D eigenvalue weighted by Crippen LogP contribution is -2.51. The standard InChI is InChI=1S/C18H20N4O2/c23-17(24)18(22-9-1-7-20-22)5-10-21(11-6-18)13-14-2-3-16-15(12-14)4-8-19-16/h1-4,7-9,12,19H,5-6,10-11,13H2,(H,23,24). The van der Waals surface area contributed by atoms with Crippen LogP contribution in [0.1, 0.15) is 18.4 Å². The molecule has 0 saturated carbocycles. The first-order chi connectivity index (χ1) is 11.7. The Labute approximate surface area is 139 Å². The first-order valence-corrected chi connectivity index (χ1v) is 8.19. The van der Waals surface area contributed by atoms with E-state index in [4.69, 9.17) is 0 Å².